The van der Waals surface area contributed by atoms with E-state index in [-0.39, 0.29) is 39.6 Å². The molecule has 0 aliphatic heterocycles. The van der Waals surface area contributed by atoms with Gasteiger partial charge in [0.15, 0.2) is 0 Å². The maximum absolute atomic E-state index is 10.7. The van der Waals surface area contributed by atoms with Crippen molar-refractivity contribution in [1.82, 2.24) is 0 Å². The van der Waals surface area contributed by atoms with E-state index in [1.54, 1.807) is 0 Å². The number of carbonyl (C=O) groups is 2. The van der Waals surface area contributed by atoms with Crippen LogP contribution in [-0.2, 0) is 0 Å². The molecule has 0 atom stereocenters. The second kappa shape index (κ2) is 5.72. The molecule has 1 rings (SSSR count). The Morgan fingerprint density at radius 3 is 2.00 bits per heavy atom. The summed E-state index contributed by atoms with van der Waals surface area (Å²) in [5, 5.41) is 17.3. The molecule has 7 heteroatoms. The van der Waals surface area contributed by atoms with Crippen LogP contribution in [0.1, 0.15) is 20.7 Å². The molecule has 0 bridgehead atoms. The number of hydrogen-bond acceptors (Lipinski definition) is 2. The second-order valence-electron chi connectivity index (χ2n) is 2.42. The first-order chi connectivity index (χ1) is 6.43. The van der Waals surface area contributed by atoms with Gasteiger partial charge >= 0.3 is 41.5 Å². The SMILES string of the molecule is O=C(O)c1cc(Cl)cc(Cl)c1C(=O)O.[NaH]. The monoisotopic (exact) mass is 258 g/mol. The minimum atomic E-state index is -1.40. The third-order valence-electron chi connectivity index (χ3n) is 1.50. The van der Waals surface area contributed by atoms with E-state index >= 15 is 0 Å². The van der Waals surface area contributed by atoms with Crippen LogP contribution in [0.4, 0.5) is 0 Å². The molecule has 0 radical (unpaired) electrons. The molecule has 0 aromatic heterocycles. The van der Waals surface area contributed by atoms with Crippen LogP contribution in [0.5, 0.6) is 0 Å². The van der Waals surface area contributed by atoms with Crippen molar-refractivity contribution in [3.63, 3.8) is 0 Å². The van der Waals surface area contributed by atoms with Crippen LogP contribution in [0.25, 0.3) is 0 Å². The summed E-state index contributed by atoms with van der Waals surface area (Å²) in [5.74, 6) is -2.78. The van der Waals surface area contributed by atoms with E-state index in [9.17, 15) is 9.59 Å². The quantitative estimate of drug-likeness (QED) is 0.793. The van der Waals surface area contributed by atoms with Crippen molar-refractivity contribution in [2.75, 3.05) is 0 Å². The predicted octanol–water partition coefficient (Wildman–Crippen LogP) is 1.74. The number of benzene rings is 1. The molecule has 1 aromatic carbocycles. The number of carboxylic acid groups (broad SMARTS) is 2. The molecule has 0 unspecified atom stereocenters. The molecule has 4 nitrogen and oxygen atoms in total. The number of rotatable bonds is 2. The van der Waals surface area contributed by atoms with E-state index in [1.165, 1.54) is 6.07 Å². The number of hydrogen-bond donors (Lipinski definition) is 2. The van der Waals surface area contributed by atoms with Crippen LogP contribution in [0, 0.1) is 0 Å². The molecule has 0 aliphatic carbocycles. The summed E-state index contributed by atoms with van der Waals surface area (Å²) in [5.41, 5.74) is -0.876. The number of carboxylic acids is 2. The molecule has 0 spiro atoms. The first kappa shape index (κ1) is 14.7. The molecular formula is C8H5Cl2NaO4. The van der Waals surface area contributed by atoms with Gasteiger partial charge in [0, 0.05) is 5.02 Å². The van der Waals surface area contributed by atoms with Gasteiger partial charge in [-0.15, -0.1) is 0 Å². The van der Waals surface area contributed by atoms with Crippen LogP contribution in [0.15, 0.2) is 12.1 Å². The third kappa shape index (κ3) is 3.36. The summed E-state index contributed by atoms with van der Waals surface area (Å²) < 4.78 is 0. The molecule has 0 saturated carbocycles. The molecule has 0 heterocycles. The zero-order valence-corrected chi connectivity index (χ0v) is 8.13. The molecule has 76 valence electrons. The second-order valence-corrected chi connectivity index (χ2v) is 3.26. The molecule has 0 aliphatic rings. The summed E-state index contributed by atoms with van der Waals surface area (Å²) in [6.07, 6.45) is 0. The van der Waals surface area contributed by atoms with Crippen LogP contribution in [-0.4, -0.2) is 51.7 Å². The van der Waals surface area contributed by atoms with Crippen molar-refractivity contribution in [3.8, 4) is 0 Å². The van der Waals surface area contributed by atoms with Gasteiger partial charge in [0.2, 0.25) is 0 Å². The van der Waals surface area contributed by atoms with Gasteiger partial charge in [0.05, 0.1) is 16.1 Å². The molecule has 2 N–H and O–H groups in total. The first-order valence-electron chi connectivity index (χ1n) is 3.39. The van der Waals surface area contributed by atoms with Crippen molar-refractivity contribution in [2.45, 2.75) is 0 Å². The molecular weight excluding hydrogens is 254 g/mol. The fourth-order valence-electron chi connectivity index (χ4n) is 0.960. The van der Waals surface area contributed by atoms with E-state index in [0.29, 0.717) is 0 Å². The Labute approximate surface area is 117 Å². The summed E-state index contributed by atoms with van der Waals surface area (Å²) in [4.78, 5) is 21.3. The van der Waals surface area contributed by atoms with Crippen LogP contribution in [0.3, 0.4) is 0 Å². The van der Waals surface area contributed by atoms with Gasteiger partial charge in [-0.25, -0.2) is 9.59 Å². The zero-order chi connectivity index (χ0) is 10.9. The van der Waals surface area contributed by atoms with Crippen LogP contribution in [0.2, 0.25) is 10.0 Å². The Bertz CT molecular complexity index is 419. The molecule has 0 fully saturated rings. The van der Waals surface area contributed by atoms with E-state index in [1.807, 2.05) is 0 Å². The normalized spacial score (nSPS) is 9.20. The van der Waals surface area contributed by atoms with E-state index < -0.39 is 23.1 Å². The molecule has 0 amide bonds. The topological polar surface area (TPSA) is 74.6 Å². The standard InChI is InChI=1S/C8H4Cl2O4.Na.H/c9-3-1-4(7(11)12)6(8(13)14)5(10)2-3;;/h1-2H,(H,11,12)(H,13,14);;. The zero-order valence-electron chi connectivity index (χ0n) is 6.62. The van der Waals surface area contributed by atoms with Crippen molar-refractivity contribution < 1.29 is 19.8 Å². The minimum absolute atomic E-state index is 0. The molecule has 0 saturated heterocycles. The first-order valence-corrected chi connectivity index (χ1v) is 4.14. The summed E-state index contributed by atoms with van der Waals surface area (Å²) >= 11 is 11.1. The number of halogens is 2. The summed E-state index contributed by atoms with van der Waals surface area (Å²) in [6, 6.07) is 2.22. The Morgan fingerprint density at radius 1 is 1.07 bits per heavy atom. The third-order valence-corrected chi connectivity index (χ3v) is 2.02. The van der Waals surface area contributed by atoms with E-state index in [2.05, 4.69) is 0 Å². The average Bonchev–Trinajstić information content (AvgIpc) is 2.01. The van der Waals surface area contributed by atoms with Crippen molar-refractivity contribution in [2.24, 2.45) is 0 Å². The summed E-state index contributed by atoms with van der Waals surface area (Å²) in [7, 11) is 0. The Morgan fingerprint density at radius 2 is 1.60 bits per heavy atom. The molecule has 1 aromatic rings. The van der Waals surface area contributed by atoms with Gasteiger partial charge in [-0.2, -0.15) is 0 Å². The Kier molecular flexibility index (Phi) is 5.62. The predicted molar refractivity (Wildman–Crippen MR) is 57.5 cm³/mol. The van der Waals surface area contributed by atoms with Gasteiger partial charge in [0.1, 0.15) is 0 Å². The Balaban J connectivity index is 0.00000196. The summed E-state index contributed by atoms with van der Waals surface area (Å²) in [6.45, 7) is 0. The van der Waals surface area contributed by atoms with E-state index in [4.69, 9.17) is 33.4 Å². The van der Waals surface area contributed by atoms with Crippen LogP contribution < -0.4 is 0 Å². The Hall–Kier alpha value is -0.260. The molecule has 15 heavy (non-hydrogen) atoms. The average molecular weight is 259 g/mol. The van der Waals surface area contributed by atoms with Crippen LogP contribution >= 0.6 is 23.2 Å². The van der Waals surface area contributed by atoms with Crippen molar-refractivity contribution in [3.05, 3.63) is 33.3 Å². The fourth-order valence-corrected chi connectivity index (χ4v) is 1.53. The van der Waals surface area contributed by atoms with Gasteiger partial charge in [0.25, 0.3) is 0 Å². The van der Waals surface area contributed by atoms with Gasteiger partial charge in [-0.05, 0) is 12.1 Å². The van der Waals surface area contributed by atoms with Crippen molar-refractivity contribution in [1.29, 1.82) is 0 Å². The van der Waals surface area contributed by atoms with Gasteiger partial charge < -0.3 is 10.2 Å². The van der Waals surface area contributed by atoms with E-state index in [0.717, 1.165) is 6.07 Å². The van der Waals surface area contributed by atoms with Crippen molar-refractivity contribution >= 4 is 64.7 Å². The van der Waals surface area contributed by atoms with Gasteiger partial charge in [-0.1, -0.05) is 23.2 Å². The number of aromatic carboxylic acids is 2. The fraction of sp³-hybridized carbons (Fsp3) is 0. The van der Waals surface area contributed by atoms with Gasteiger partial charge in [-0.3, -0.25) is 0 Å². The maximum atomic E-state index is 10.7.